The maximum absolute atomic E-state index is 11.5. The normalized spacial score (nSPS) is 10.9. The summed E-state index contributed by atoms with van der Waals surface area (Å²) in [5.41, 5.74) is 1.07. The van der Waals surface area contributed by atoms with E-state index in [-0.39, 0.29) is 12.6 Å². The second kappa shape index (κ2) is 8.08. The largest absolute Gasteiger partial charge is 0.489 e. The topological polar surface area (TPSA) is 52.6 Å². The van der Waals surface area contributed by atoms with Crippen molar-refractivity contribution < 1.29 is 19.1 Å². The summed E-state index contributed by atoms with van der Waals surface area (Å²) in [5, 5.41) is 0. The minimum atomic E-state index is -0.322. The maximum atomic E-state index is 11.5. The number of para-hydroxylation sites is 1. The van der Waals surface area contributed by atoms with E-state index in [1.54, 1.807) is 37.3 Å². The Labute approximate surface area is 113 Å². The molecule has 0 radical (unpaired) electrons. The Balaban J connectivity index is 2.65. The number of hydrogen-bond acceptors (Lipinski definition) is 4. The van der Waals surface area contributed by atoms with Gasteiger partial charge in [-0.3, -0.25) is 4.79 Å². The predicted octanol–water partition coefficient (Wildman–Crippen LogP) is 2.78. The summed E-state index contributed by atoms with van der Waals surface area (Å²) < 4.78 is 10.4. The average molecular weight is 262 g/mol. The molecule has 0 aliphatic heterocycles. The van der Waals surface area contributed by atoms with Gasteiger partial charge in [0, 0.05) is 5.57 Å². The molecular formula is C15H18O4. The van der Waals surface area contributed by atoms with E-state index in [1.165, 1.54) is 0 Å². The molecule has 0 aliphatic rings. The predicted molar refractivity (Wildman–Crippen MR) is 72.3 cm³/mol. The molecular weight excluding hydrogens is 244 g/mol. The van der Waals surface area contributed by atoms with Gasteiger partial charge in [0.15, 0.2) is 6.29 Å². The highest BCUT2D eigenvalue weighted by Gasteiger charge is 2.07. The van der Waals surface area contributed by atoms with Crippen LogP contribution in [0.5, 0.6) is 5.75 Å². The van der Waals surface area contributed by atoms with Crippen LogP contribution in [0.4, 0.5) is 0 Å². The molecule has 0 aliphatic carbocycles. The number of hydrogen-bond donors (Lipinski definition) is 0. The van der Waals surface area contributed by atoms with Gasteiger partial charge < -0.3 is 9.47 Å². The van der Waals surface area contributed by atoms with Gasteiger partial charge in [-0.25, -0.2) is 4.79 Å². The van der Waals surface area contributed by atoms with E-state index < -0.39 is 0 Å². The van der Waals surface area contributed by atoms with Crippen LogP contribution in [-0.4, -0.2) is 25.5 Å². The van der Waals surface area contributed by atoms with Crippen LogP contribution in [0.2, 0.25) is 0 Å². The van der Waals surface area contributed by atoms with Crippen LogP contribution in [-0.2, 0) is 9.53 Å². The number of aldehydes is 1. The summed E-state index contributed by atoms with van der Waals surface area (Å²) in [6.45, 7) is 4.22. The number of rotatable bonds is 7. The van der Waals surface area contributed by atoms with Crippen LogP contribution >= 0.6 is 0 Å². The smallest absolute Gasteiger partial charge is 0.333 e. The third kappa shape index (κ3) is 4.58. The summed E-state index contributed by atoms with van der Waals surface area (Å²) in [7, 11) is 0. The van der Waals surface area contributed by atoms with Crippen LogP contribution in [0.1, 0.15) is 30.6 Å². The number of carbonyl (C=O) groups excluding carboxylic acids is 2. The average Bonchev–Trinajstić information content (AvgIpc) is 2.44. The highest BCUT2D eigenvalue weighted by Crippen LogP contribution is 2.15. The van der Waals surface area contributed by atoms with Crippen molar-refractivity contribution in [1.82, 2.24) is 0 Å². The standard InChI is InChI=1S/C15H18O4/c1-3-12(15(17)18-4-2)9-10-19-14-8-6-5-7-13(14)11-16/h5-9,11H,3-4,10H2,1-2H3/b12-9+. The van der Waals surface area contributed by atoms with Gasteiger partial charge in [0.1, 0.15) is 12.4 Å². The quantitative estimate of drug-likeness (QED) is 0.431. The molecule has 1 rings (SSSR count). The lowest BCUT2D eigenvalue weighted by Gasteiger charge is -2.07. The zero-order valence-electron chi connectivity index (χ0n) is 11.2. The number of carbonyl (C=O) groups is 2. The van der Waals surface area contributed by atoms with E-state index in [2.05, 4.69) is 0 Å². The second-order valence-corrected chi connectivity index (χ2v) is 3.77. The molecule has 0 atom stereocenters. The maximum Gasteiger partial charge on any atom is 0.333 e. The summed E-state index contributed by atoms with van der Waals surface area (Å²) in [6, 6.07) is 6.95. The fourth-order valence-corrected chi connectivity index (χ4v) is 1.54. The Morgan fingerprint density at radius 3 is 2.63 bits per heavy atom. The van der Waals surface area contributed by atoms with Crippen LogP contribution in [0.3, 0.4) is 0 Å². The van der Waals surface area contributed by atoms with E-state index in [0.29, 0.717) is 29.9 Å². The highest BCUT2D eigenvalue weighted by atomic mass is 16.5. The first-order chi connectivity index (χ1) is 9.22. The summed E-state index contributed by atoms with van der Waals surface area (Å²) in [5.74, 6) is 0.185. The van der Waals surface area contributed by atoms with Gasteiger partial charge in [-0.15, -0.1) is 0 Å². The van der Waals surface area contributed by atoms with Gasteiger partial charge in [0.25, 0.3) is 0 Å². The van der Waals surface area contributed by atoms with Crippen molar-refractivity contribution >= 4 is 12.3 Å². The summed E-state index contributed by atoms with van der Waals surface area (Å²) >= 11 is 0. The van der Waals surface area contributed by atoms with E-state index in [4.69, 9.17) is 9.47 Å². The lowest BCUT2D eigenvalue weighted by Crippen LogP contribution is -2.09. The van der Waals surface area contributed by atoms with E-state index in [9.17, 15) is 9.59 Å². The molecule has 0 amide bonds. The molecule has 0 spiro atoms. The number of esters is 1. The molecule has 0 heterocycles. The molecule has 4 heteroatoms. The zero-order chi connectivity index (χ0) is 14.1. The van der Waals surface area contributed by atoms with Gasteiger partial charge in [-0.2, -0.15) is 0 Å². The fourth-order valence-electron chi connectivity index (χ4n) is 1.54. The Kier molecular flexibility index (Phi) is 6.36. The molecule has 0 saturated heterocycles. The third-order valence-electron chi connectivity index (χ3n) is 2.53. The van der Waals surface area contributed by atoms with Crippen molar-refractivity contribution in [2.24, 2.45) is 0 Å². The lowest BCUT2D eigenvalue weighted by atomic mass is 10.2. The van der Waals surface area contributed by atoms with E-state index in [1.807, 2.05) is 6.92 Å². The molecule has 1 aromatic carbocycles. The molecule has 102 valence electrons. The molecule has 1 aromatic rings. The third-order valence-corrected chi connectivity index (χ3v) is 2.53. The Morgan fingerprint density at radius 1 is 1.26 bits per heavy atom. The molecule has 0 N–H and O–H groups in total. The molecule has 0 saturated carbocycles. The summed E-state index contributed by atoms with van der Waals surface area (Å²) in [6.07, 6.45) is 3.00. The zero-order valence-corrected chi connectivity index (χ0v) is 11.2. The minimum Gasteiger partial charge on any atom is -0.489 e. The Bertz CT molecular complexity index is 463. The van der Waals surface area contributed by atoms with Crippen LogP contribution in [0, 0.1) is 0 Å². The van der Waals surface area contributed by atoms with Gasteiger partial charge in [0.2, 0.25) is 0 Å². The minimum absolute atomic E-state index is 0.229. The molecule has 0 aromatic heterocycles. The van der Waals surface area contributed by atoms with Crippen molar-refractivity contribution in [3.63, 3.8) is 0 Å². The molecule has 0 fully saturated rings. The van der Waals surface area contributed by atoms with Crippen LogP contribution in [0.25, 0.3) is 0 Å². The molecule has 0 bridgehead atoms. The Hall–Kier alpha value is -2.10. The monoisotopic (exact) mass is 262 g/mol. The first-order valence-electron chi connectivity index (χ1n) is 6.26. The highest BCUT2D eigenvalue weighted by molar-refractivity contribution is 5.88. The second-order valence-electron chi connectivity index (χ2n) is 3.77. The van der Waals surface area contributed by atoms with Crippen molar-refractivity contribution in [1.29, 1.82) is 0 Å². The number of ether oxygens (including phenoxy) is 2. The lowest BCUT2D eigenvalue weighted by molar-refractivity contribution is -0.138. The van der Waals surface area contributed by atoms with E-state index in [0.717, 1.165) is 6.29 Å². The van der Waals surface area contributed by atoms with Crippen molar-refractivity contribution in [3.05, 3.63) is 41.5 Å². The molecule has 4 nitrogen and oxygen atoms in total. The Morgan fingerprint density at radius 2 is 2.00 bits per heavy atom. The molecule has 19 heavy (non-hydrogen) atoms. The van der Waals surface area contributed by atoms with Gasteiger partial charge in [0.05, 0.1) is 12.2 Å². The summed E-state index contributed by atoms with van der Waals surface area (Å²) in [4.78, 5) is 22.3. The van der Waals surface area contributed by atoms with Crippen molar-refractivity contribution in [2.45, 2.75) is 20.3 Å². The number of benzene rings is 1. The van der Waals surface area contributed by atoms with Gasteiger partial charge in [-0.1, -0.05) is 19.1 Å². The van der Waals surface area contributed by atoms with Crippen LogP contribution in [0.15, 0.2) is 35.9 Å². The SMILES string of the molecule is CCOC(=O)/C(=C/COc1ccccc1C=O)CC. The van der Waals surface area contributed by atoms with Crippen LogP contribution < -0.4 is 4.74 Å². The fraction of sp³-hybridized carbons (Fsp3) is 0.333. The van der Waals surface area contributed by atoms with Crippen molar-refractivity contribution in [2.75, 3.05) is 13.2 Å². The molecule has 0 unspecified atom stereocenters. The van der Waals surface area contributed by atoms with Gasteiger partial charge >= 0.3 is 5.97 Å². The first kappa shape index (κ1) is 15.0. The van der Waals surface area contributed by atoms with Gasteiger partial charge in [-0.05, 0) is 31.6 Å². The van der Waals surface area contributed by atoms with Crippen molar-refractivity contribution in [3.8, 4) is 5.75 Å². The first-order valence-corrected chi connectivity index (χ1v) is 6.26. The van der Waals surface area contributed by atoms with E-state index >= 15 is 0 Å².